The molecule has 0 amide bonds. The highest BCUT2D eigenvalue weighted by atomic mass is 16.7. The third-order valence-electron chi connectivity index (χ3n) is 5.69. The molecule has 5 atom stereocenters. The Hall–Kier alpha value is -4.29. The fourth-order valence-corrected chi connectivity index (χ4v) is 4.15. The van der Waals surface area contributed by atoms with Crippen molar-refractivity contribution in [3.05, 3.63) is 71.3 Å². The number of rotatable bonds is 8. The van der Waals surface area contributed by atoms with Crippen molar-refractivity contribution >= 4 is 29.8 Å². The number of benzene rings is 2. The van der Waals surface area contributed by atoms with Gasteiger partial charge in [-0.05, 0) is 11.6 Å². The van der Waals surface area contributed by atoms with Gasteiger partial charge in [0.2, 0.25) is 11.9 Å². The average molecular weight is 545 g/mol. The van der Waals surface area contributed by atoms with E-state index < -0.39 is 60.0 Å². The molecule has 1 aliphatic heterocycles. The quantitative estimate of drug-likeness (QED) is 0.378. The summed E-state index contributed by atoms with van der Waals surface area (Å²) in [5.74, 6) is -7.54. The van der Waals surface area contributed by atoms with Crippen LogP contribution in [0.15, 0.2) is 54.6 Å². The maximum absolute atomic E-state index is 13.2. The number of ether oxygens (including phenoxy) is 6. The summed E-state index contributed by atoms with van der Waals surface area (Å²) in [5, 5.41) is 12.0. The van der Waals surface area contributed by atoms with E-state index in [0.29, 0.717) is 5.56 Å². The highest BCUT2D eigenvalue weighted by Crippen LogP contribution is 2.42. The first-order valence-electron chi connectivity index (χ1n) is 11.8. The predicted molar refractivity (Wildman–Crippen MR) is 129 cm³/mol. The third-order valence-corrected chi connectivity index (χ3v) is 5.69. The zero-order chi connectivity index (χ0) is 28.7. The second kappa shape index (κ2) is 12.5. The highest BCUT2D eigenvalue weighted by molar-refractivity contribution is 5.91. The van der Waals surface area contributed by atoms with E-state index in [9.17, 15) is 29.1 Å². The summed E-state index contributed by atoms with van der Waals surface area (Å²) in [6.07, 6.45) is -7.23. The number of esters is 5. The maximum Gasteiger partial charge on any atom is 0.339 e. The highest BCUT2D eigenvalue weighted by Gasteiger charge is 2.63. The normalized spacial score (nSPS) is 24.1. The number of carbonyl (C=O) groups excluding carboxylic acids is 5. The van der Waals surface area contributed by atoms with E-state index in [2.05, 4.69) is 0 Å². The van der Waals surface area contributed by atoms with Gasteiger partial charge in [-0.15, -0.1) is 0 Å². The molecule has 39 heavy (non-hydrogen) atoms. The maximum atomic E-state index is 13.2. The first kappa shape index (κ1) is 29.3. The van der Waals surface area contributed by atoms with Crippen molar-refractivity contribution in [2.45, 2.75) is 57.6 Å². The monoisotopic (exact) mass is 544 g/mol. The Morgan fingerprint density at radius 3 is 1.97 bits per heavy atom. The van der Waals surface area contributed by atoms with Gasteiger partial charge in [-0.1, -0.05) is 48.5 Å². The zero-order valence-corrected chi connectivity index (χ0v) is 21.7. The molecule has 0 aromatic heterocycles. The lowest BCUT2D eigenvalue weighted by molar-refractivity contribution is -0.352. The van der Waals surface area contributed by atoms with Crippen molar-refractivity contribution in [1.82, 2.24) is 0 Å². The Morgan fingerprint density at radius 1 is 0.821 bits per heavy atom. The average Bonchev–Trinajstić information content (AvgIpc) is 2.90. The molecule has 12 heteroatoms. The number of aliphatic hydroxyl groups is 1. The van der Waals surface area contributed by atoms with E-state index in [0.717, 1.165) is 27.9 Å². The molecule has 0 aliphatic carbocycles. The van der Waals surface area contributed by atoms with Gasteiger partial charge in [0.1, 0.15) is 6.61 Å². The molecule has 1 N–H and O–H groups in total. The van der Waals surface area contributed by atoms with Crippen molar-refractivity contribution < 1.29 is 57.5 Å². The standard InChI is InChI=1S/C27H28O12/c1-15(28)36-21-22(37-16(2)29)24(38-17(3)30)27(33,39-23(21)26(32)34-4)20-13-9-8-12-19(20)25(31)35-14-18-10-6-5-7-11-18/h5-13,21-24,33H,14H2,1-4H3/t21-,22-,23-,24+,27-/m0/s1. The first-order valence-corrected chi connectivity index (χ1v) is 11.8. The summed E-state index contributed by atoms with van der Waals surface area (Å²) in [5.41, 5.74) is 0.213. The molecule has 1 heterocycles. The van der Waals surface area contributed by atoms with Gasteiger partial charge in [0.05, 0.1) is 12.7 Å². The van der Waals surface area contributed by atoms with Gasteiger partial charge in [-0.25, -0.2) is 9.59 Å². The molecule has 0 radical (unpaired) electrons. The van der Waals surface area contributed by atoms with Crippen molar-refractivity contribution in [3.8, 4) is 0 Å². The van der Waals surface area contributed by atoms with Gasteiger partial charge in [-0.2, -0.15) is 0 Å². The molecule has 12 nitrogen and oxygen atoms in total. The summed E-state index contributed by atoms with van der Waals surface area (Å²) >= 11 is 0. The van der Waals surface area contributed by atoms with Crippen molar-refractivity contribution in [2.75, 3.05) is 7.11 Å². The van der Waals surface area contributed by atoms with E-state index >= 15 is 0 Å². The van der Waals surface area contributed by atoms with Crippen LogP contribution in [-0.4, -0.2) is 66.5 Å². The summed E-state index contributed by atoms with van der Waals surface area (Å²) in [6, 6.07) is 14.3. The largest absolute Gasteiger partial charge is 0.467 e. The minimum atomic E-state index is -2.79. The van der Waals surface area contributed by atoms with Crippen LogP contribution in [0.25, 0.3) is 0 Å². The molecular formula is C27H28O12. The van der Waals surface area contributed by atoms with Gasteiger partial charge < -0.3 is 33.5 Å². The second-order valence-electron chi connectivity index (χ2n) is 8.54. The molecule has 1 aliphatic rings. The summed E-state index contributed by atoms with van der Waals surface area (Å²) in [6.45, 7) is 2.96. The van der Waals surface area contributed by atoms with Crippen LogP contribution < -0.4 is 0 Å². The Balaban J connectivity index is 2.14. The Bertz CT molecular complexity index is 1230. The molecule has 208 valence electrons. The number of hydrogen-bond donors (Lipinski definition) is 1. The zero-order valence-electron chi connectivity index (χ0n) is 21.7. The van der Waals surface area contributed by atoms with Crippen molar-refractivity contribution in [2.24, 2.45) is 0 Å². The van der Waals surface area contributed by atoms with Crippen LogP contribution in [-0.2, 0) is 60.0 Å². The van der Waals surface area contributed by atoms with Crippen LogP contribution in [0.4, 0.5) is 0 Å². The van der Waals surface area contributed by atoms with Crippen LogP contribution in [0.2, 0.25) is 0 Å². The Kier molecular flexibility index (Phi) is 9.38. The summed E-state index contributed by atoms with van der Waals surface area (Å²) < 4.78 is 31.7. The van der Waals surface area contributed by atoms with Crippen LogP contribution in [0.3, 0.4) is 0 Å². The fourth-order valence-electron chi connectivity index (χ4n) is 4.15. The van der Waals surface area contributed by atoms with E-state index in [-0.39, 0.29) is 17.7 Å². The molecule has 0 spiro atoms. The van der Waals surface area contributed by atoms with E-state index in [1.54, 1.807) is 30.3 Å². The molecule has 1 saturated heterocycles. The summed E-state index contributed by atoms with van der Waals surface area (Å²) in [4.78, 5) is 61.9. The van der Waals surface area contributed by atoms with Crippen molar-refractivity contribution in [1.29, 1.82) is 0 Å². The molecule has 0 unspecified atom stereocenters. The lowest BCUT2D eigenvalue weighted by Crippen LogP contribution is -2.67. The van der Waals surface area contributed by atoms with Gasteiger partial charge in [0.15, 0.2) is 18.3 Å². The third kappa shape index (κ3) is 6.78. The minimum Gasteiger partial charge on any atom is -0.467 e. The van der Waals surface area contributed by atoms with Gasteiger partial charge in [0.25, 0.3) is 0 Å². The SMILES string of the molecule is COC(=O)[C@H]1O[C@@](O)(c2ccccc2C(=O)OCc2ccccc2)[C@H](OC(C)=O)[C@@H](OC(C)=O)[C@@H]1OC(C)=O. The summed E-state index contributed by atoms with van der Waals surface area (Å²) in [7, 11) is 1.02. The van der Waals surface area contributed by atoms with Crippen LogP contribution in [0.1, 0.15) is 42.3 Å². The molecule has 0 saturated carbocycles. The molecule has 2 aromatic carbocycles. The van der Waals surface area contributed by atoms with Gasteiger partial charge in [0, 0.05) is 26.3 Å². The lowest BCUT2D eigenvalue weighted by atomic mass is 9.85. The van der Waals surface area contributed by atoms with Gasteiger partial charge in [-0.3, -0.25) is 14.4 Å². The second-order valence-corrected chi connectivity index (χ2v) is 8.54. The number of carbonyl (C=O) groups is 5. The lowest BCUT2D eigenvalue weighted by Gasteiger charge is -2.48. The number of hydrogen-bond acceptors (Lipinski definition) is 12. The van der Waals surface area contributed by atoms with E-state index in [1.165, 1.54) is 24.3 Å². The smallest absolute Gasteiger partial charge is 0.339 e. The number of methoxy groups -OCH3 is 1. The fraction of sp³-hybridized carbons (Fsp3) is 0.370. The van der Waals surface area contributed by atoms with Crippen molar-refractivity contribution in [3.63, 3.8) is 0 Å². The van der Waals surface area contributed by atoms with Crippen LogP contribution in [0.5, 0.6) is 0 Å². The topological polar surface area (TPSA) is 161 Å². The minimum absolute atomic E-state index is 0.101. The van der Waals surface area contributed by atoms with Crippen LogP contribution >= 0.6 is 0 Å². The van der Waals surface area contributed by atoms with E-state index in [1.807, 2.05) is 0 Å². The Labute approximate surface area is 223 Å². The molecule has 0 bridgehead atoms. The van der Waals surface area contributed by atoms with Crippen LogP contribution in [0, 0.1) is 0 Å². The van der Waals surface area contributed by atoms with E-state index in [4.69, 9.17) is 28.4 Å². The first-order chi connectivity index (χ1) is 18.5. The Morgan fingerprint density at radius 2 is 1.38 bits per heavy atom. The van der Waals surface area contributed by atoms with Gasteiger partial charge >= 0.3 is 29.8 Å². The molecule has 1 fully saturated rings. The molecule has 2 aromatic rings. The predicted octanol–water partition coefficient (Wildman–Crippen LogP) is 1.56. The molecule has 3 rings (SSSR count). The molecular weight excluding hydrogens is 516 g/mol.